The van der Waals surface area contributed by atoms with Crippen LogP contribution in [0.2, 0.25) is 5.02 Å². The van der Waals surface area contributed by atoms with Gasteiger partial charge in [-0.1, -0.05) is 23.7 Å². The molecular formula is C14H12ClFN2O2. The van der Waals surface area contributed by atoms with Gasteiger partial charge in [-0.2, -0.15) is 4.39 Å². The van der Waals surface area contributed by atoms with Gasteiger partial charge < -0.3 is 5.32 Å². The van der Waals surface area contributed by atoms with Gasteiger partial charge in [0.1, 0.15) is 0 Å². The van der Waals surface area contributed by atoms with Crippen LogP contribution >= 0.6 is 11.6 Å². The molecule has 0 saturated heterocycles. The lowest BCUT2D eigenvalue weighted by Crippen LogP contribution is -2.07. The summed E-state index contributed by atoms with van der Waals surface area (Å²) in [6, 6.07) is 10.9. The predicted octanol–water partition coefficient (Wildman–Crippen LogP) is 4.56. The quantitative estimate of drug-likeness (QED) is 0.664. The summed E-state index contributed by atoms with van der Waals surface area (Å²) in [5, 5.41) is 14.4. The number of nitrogens with one attached hydrogen (secondary N) is 1. The average molecular weight is 295 g/mol. The van der Waals surface area contributed by atoms with Crippen molar-refractivity contribution < 1.29 is 9.31 Å². The topological polar surface area (TPSA) is 55.2 Å². The van der Waals surface area contributed by atoms with Crippen LogP contribution in [0.3, 0.4) is 0 Å². The van der Waals surface area contributed by atoms with Crippen molar-refractivity contribution in [2.45, 2.75) is 13.0 Å². The van der Waals surface area contributed by atoms with Crippen LogP contribution in [0.15, 0.2) is 42.5 Å². The summed E-state index contributed by atoms with van der Waals surface area (Å²) in [4.78, 5) is 9.95. The molecule has 0 bridgehead atoms. The summed E-state index contributed by atoms with van der Waals surface area (Å²) >= 11 is 5.91. The third-order valence-electron chi connectivity index (χ3n) is 2.87. The van der Waals surface area contributed by atoms with Crippen molar-refractivity contribution in [1.82, 2.24) is 0 Å². The number of rotatable bonds is 4. The second-order valence-corrected chi connectivity index (χ2v) is 4.78. The maximum Gasteiger partial charge on any atom is 0.306 e. The molecule has 6 heteroatoms. The van der Waals surface area contributed by atoms with E-state index in [2.05, 4.69) is 5.32 Å². The van der Waals surface area contributed by atoms with Crippen LogP contribution < -0.4 is 5.32 Å². The van der Waals surface area contributed by atoms with Gasteiger partial charge in [0, 0.05) is 22.8 Å². The summed E-state index contributed by atoms with van der Waals surface area (Å²) < 4.78 is 13.2. The first-order chi connectivity index (χ1) is 9.47. The Hall–Kier alpha value is -2.14. The Balaban J connectivity index is 2.22. The van der Waals surface area contributed by atoms with Crippen LogP contribution in [0.25, 0.3) is 0 Å². The zero-order valence-electron chi connectivity index (χ0n) is 10.6. The lowest BCUT2D eigenvalue weighted by molar-refractivity contribution is -0.387. The first-order valence-corrected chi connectivity index (χ1v) is 6.31. The average Bonchev–Trinajstić information content (AvgIpc) is 2.40. The van der Waals surface area contributed by atoms with Gasteiger partial charge in [-0.15, -0.1) is 0 Å². The number of halogens is 2. The molecule has 0 saturated carbocycles. The highest BCUT2D eigenvalue weighted by Crippen LogP contribution is 2.26. The summed E-state index contributed by atoms with van der Waals surface area (Å²) in [6.07, 6.45) is 0. The van der Waals surface area contributed by atoms with Crippen LogP contribution in [-0.2, 0) is 0 Å². The molecule has 1 atom stereocenters. The highest BCUT2D eigenvalue weighted by atomic mass is 35.5. The normalized spacial score (nSPS) is 11.9. The standard InChI is InChI=1S/C14H12ClFN2O2/c1-9(10-3-2-4-11(15)7-10)17-12-5-6-13(16)14(8-12)18(19)20/h2-9,17H,1H3. The number of anilines is 1. The minimum absolute atomic E-state index is 0.112. The summed E-state index contributed by atoms with van der Waals surface area (Å²) in [5.74, 6) is -0.851. The first-order valence-electron chi connectivity index (χ1n) is 5.93. The molecule has 0 aliphatic rings. The fourth-order valence-electron chi connectivity index (χ4n) is 1.85. The van der Waals surface area contributed by atoms with Crippen molar-refractivity contribution in [3.63, 3.8) is 0 Å². The van der Waals surface area contributed by atoms with E-state index in [0.29, 0.717) is 10.7 Å². The van der Waals surface area contributed by atoms with Crippen LogP contribution in [-0.4, -0.2) is 4.92 Å². The van der Waals surface area contributed by atoms with Gasteiger partial charge in [-0.25, -0.2) is 0 Å². The van der Waals surface area contributed by atoms with Gasteiger partial charge in [0.25, 0.3) is 0 Å². The molecule has 2 aromatic carbocycles. The van der Waals surface area contributed by atoms with Gasteiger partial charge >= 0.3 is 5.69 Å². The minimum Gasteiger partial charge on any atom is -0.378 e. The molecule has 104 valence electrons. The molecule has 0 fully saturated rings. The molecule has 4 nitrogen and oxygen atoms in total. The molecule has 2 aromatic rings. The molecule has 0 heterocycles. The second kappa shape index (κ2) is 5.88. The van der Waals surface area contributed by atoms with E-state index in [-0.39, 0.29) is 6.04 Å². The fourth-order valence-corrected chi connectivity index (χ4v) is 2.05. The van der Waals surface area contributed by atoms with Crippen molar-refractivity contribution >= 4 is 23.0 Å². The fraction of sp³-hybridized carbons (Fsp3) is 0.143. The van der Waals surface area contributed by atoms with Crippen molar-refractivity contribution in [1.29, 1.82) is 0 Å². The van der Waals surface area contributed by atoms with E-state index in [1.807, 2.05) is 19.1 Å². The van der Waals surface area contributed by atoms with Crippen molar-refractivity contribution in [3.05, 3.63) is 69.0 Å². The summed E-state index contributed by atoms with van der Waals surface area (Å²) in [6.45, 7) is 1.89. The molecule has 0 aliphatic heterocycles. The van der Waals surface area contributed by atoms with Gasteiger partial charge in [-0.3, -0.25) is 10.1 Å². The Kier molecular flexibility index (Phi) is 4.20. The highest BCUT2D eigenvalue weighted by Gasteiger charge is 2.15. The summed E-state index contributed by atoms with van der Waals surface area (Å²) in [7, 11) is 0. The minimum atomic E-state index is -0.851. The van der Waals surface area contributed by atoms with E-state index in [0.717, 1.165) is 11.6 Å². The maximum absolute atomic E-state index is 13.2. The first kappa shape index (κ1) is 14.3. The Morgan fingerprint density at radius 3 is 2.70 bits per heavy atom. The third kappa shape index (κ3) is 3.24. The van der Waals surface area contributed by atoms with E-state index >= 15 is 0 Å². The van der Waals surface area contributed by atoms with Crippen molar-refractivity contribution in [3.8, 4) is 0 Å². The van der Waals surface area contributed by atoms with Crippen LogP contribution in [0.1, 0.15) is 18.5 Å². The number of hydrogen-bond acceptors (Lipinski definition) is 3. The lowest BCUT2D eigenvalue weighted by atomic mass is 10.1. The molecule has 1 N–H and O–H groups in total. The van der Waals surface area contributed by atoms with Gasteiger partial charge in [0.2, 0.25) is 5.82 Å². The number of nitro benzene ring substituents is 1. The molecule has 1 unspecified atom stereocenters. The zero-order chi connectivity index (χ0) is 14.7. The molecule has 0 aliphatic carbocycles. The van der Waals surface area contributed by atoms with Gasteiger partial charge in [0.15, 0.2) is 0 Å². The van der Waals surface area contributed by atoms with E-state index in [1.54, 1.807) is 12.1 Å². The molecule has 20 heavy (non-hydrogen) atoms. The number of benzene rings is 2. The molecule has 0 radical (unpaired) electrons. The van der Waals surface area contributed by atoms with E-state index in [1.165, 1.54) is 12.1 Å². The van der Waals surface area contributed by atoms with Gasteiger partial charge in [0.05, 0.1) is 4.92 Å². The Morgan fingerprint density at radius 1 is 1.30 bits per heavy atom. The molecule has 2 rings (SSSR count). The van der Waals surface area contributed by atoms with Crippen molar-refractivity contribution in [2.24, 2.45) is 0 Å². The Bertz CT molecular complexity index is 649. The maximum atomic E-state index is 13.2. The zero-order valence-corrected chi connectivity index (χ0v) is 11.4. The highest BCUT2D eigenvalue weighted by molar-refractivity contribution is 6.30. The van der Waals surface area contributed by atoms with Crippen molar-refractivity contribution in [2.75, 3.05) is 5.32 Å². The monoisotopic (exact) mass is 294 g/mol. The number of nitro groups is 1. The third-order valence-corrected chi connectivity index (χ3v) is 3.11. The van der Waals surface area contributed by atoms with E-state index in [9.17, 15) is 14.5 Å². The number of nitrogens with zero attached hydrogens (tertiary/aromatic N) is 1. The van der Waals surface area contributed by atoms with Crippen LogP contribution in [0.5, 0.6) is 0 Å². The molecular weight excluding hydrogens is 283 g/mol. The number of hydrogen-bond donors (Lipinski definition) is 1. The molecule has 0 spiro atoms. The Morgan fingerprint density at radius 2 is 2.05 bits per heavy atom. The SMILES string of the molecule is CC(Nc1ccc(F)c([N+](=O)[O-])c1)c1cccc(Cl)c1. The van der Waals surface area contributed by atoms with E-state index < -0.39 is 16.4 Å². The summed E-state index contributed by atoms with van der Waals surface area (Å²) in [5.41, 5.74) is 0.864. The van der Waals surface area contributed by atoms with E-state index in [4.69, 9.17) is 11.6 Å². The van der Waals surface area contributed by atoms with Crippen LogP contribution in [0, 0.1) is 15.9 Å². The second-order valence-electron chi connectivity index (χ2n) is 4.34. The van der Waals surface area contributed by atoms with Crippen LogP contribution in [0.4, 0.5) is 15.8 Å². The predicted molar refractivity (Wildman–Crippen MR) is 76.5 cm³/mol. The largest absolute Gasteiger partial charge is 0.378 e. The Labute approximate surface area is 120 Å². The molecule has 0 aromatic heterocycles. The lowest BCUT2D eigenvalue weighted by Gasteiger charge is -2.16. The smallest absolute Gasteiger partial charge is 0.306 e. The van der Waals surface area contributed by atoms with Gasteiger partial charge in [-0.05, 0) is 36.8 Å². The molecule has 0 amide bonds.